The zero-order valence-electron chi connectivity index (χ0n) is 10.8. The minimum Gasteiger partial charge on any atom is -0.477 e. The summed E-state index contributed by atoms with van der Waals surface area (Å²) in [6.45, 7) is 4.09. The van der Waals surface area contributed by atoms with Crippen LogP contribution in [0.3, 0.4) is 0 Å². The Hall–Kier alpha value is -2.18. The van der Waals surface area contributed by atoms with Gasteiger partial charge in [-0.15, -0.1) is 0 Å². The van der Waals surface area contributed by atoms with Gasteiger partial charge in [0.2, 0.25) is 0 Å². The van der Waals surface area contributed by atoms with Crippen LogP contribution in [0.4, 0.5) is 0 Å². The largest absolute Gasteiger partial charge is 0.477 e. The Kier molecular flexibility index (Phi) is 3.64. The number of aromatic carboxylic acids is 1. The van der Waals surface area contributed by atoms with E-state index in [0.717, 1.165) is 6.20 Å². The van der Waals surface area contributed by atoms with Crippen molar-refractivity contribution in [1.82, 2.24) is 9.55 Å². The zero-order chi connectivity index (χ0) is 14.0. The van der Waals surface area contributed by atoms with Crippen molar-refractivity contribution < 1.29 is 14.7 Å². The van der Waals surface area contributed by atoms with Crippen LogP contribution in [-0.4, -0.2) is 32.9 Å². The molecule has 0 aliphatic carbocycles. The van der Waals surface area contributed by atoms with Gasteiger partial charge in [-0.1, -0.05) is 5.16 Å². The highest BCUT2D eigenvalue weighted by Crippen LogP contribution is 2.21. The van der Waals surface area contributed by atoms with Gasteiger partial charge >= 0.3 is 5.97 Å². The third-order valence-electron chi connectivity index (χ3n) is 3.03. The van der Waals surface area contributed by atoms with Gasteiger partial charge in [0.1, 0.15) is 17.9 Å². The number of carboxylic acid groups (broad SMARTS) is 1. The first-order chi connectivity index (χ1) is 9.06. The van der Waals surface area contributed by atoms with E-state index >= 15 is 0 Å². The van der Waals surface area contributed by atoms with Crippen LogP contribution in [0.5, 0.6) is 0 Å². The molecule has 1 aromatic rings. The van der Waals surface area contributed by atoms with E-state index in [1.54, 1.807) is 0 Å². The predicted octanol–water partition coefficient (Wildman–Crippen LogP) is 1.04. The number of nitrogens with zero attached hydrogens (tertiary/aromatic N) is 3. The summed E-state index contributed by atoms with van der Waals surface area (Å²) in [7, 11) is 0. The lowest BCUT2D eigenvalue weighted by Gasteiger charge is -2.24. The van der Waals surface area contributed by atoms with Gasteiger partial charge in [0.25, 0.3) is 5.56 Å². The van der Waals surface area contributed by atoms with Crippen LogP contribution in [-0.2, 0) is 4.84 Å². The maximum absolute atomic E-state index is 12.1. The lowest BCUT2D eigenvalue weighted by Crippen LogP contribution is -2.37. The van der Waals surface area contributed by atoms with Crippen LogP contribution in [0.1, 0.15) is 48.9 Å². The number of aromatic nitrogens is 2. The molecule has 1 aromatic heterocycles. The van der Waals surface area contributed by atoms with Gasteiger partial charge < -0.3 is 9.94 Å². The van der Waals surface area contributed by atoms with Crippen molar-refractivity contribution in [3.05, 3.63) is 27.9 Å². The van der Waals surface area contributed by atoms with Gasteiger partial charge in [-0.05, 0) is 26.7 Å². The average Bonchev–Trinajstić information content (AvgIpc) is 2.37. The van der Waals surface area contributed by atoms with E-state index in [1.807, 2.05) is 13.8 Å². The highest BCUT2D eigenvalue weighted by Gasteiger charge is 2.26. The molecule has 0 saturated heterocycles. The zero-order valence-corrected chi connectivity index (χ0v) is 10.8. The molecule has 2 heterocycles. The number of oxime groups is 1. The molecule has 7 heteroatoms. The molecule has 0 spiro atoms. The summed E-state index contributed by atoms with van der Waals surface area (Å²) in [5.41, 5.74) is -0.295. The molecule has 0 fully saturated rings. The number of rotatable bonds is 3. The molecule has 1 unspecified atom stereocenters. The van der Waals surface area contributed by atoms with Crippen LogP contribution >= 0.6 is 0 Å². The van der Waals surface area contributed by atoms with E-state index in [2.05, 4.69) is 10.1 Å². The maximum Gasteiger partial charge on any atom is 0.342 e. The normalized spacial score (nSPS) is 20.1. The number of fused-ring (bicyclic) bond motifs is 1. The van der Waals surface area contributed by atoms with Crippen molar-refractivity contribution >= 4 is 11.7 Å². The van der Waals surface area contributed by atoms with Gasteiger partial charge in [0.15, 0.2) is 5.82 Å². The lowest BCUT2D eigenvalue weighted by atomic mass is 10.0. The fraction of sp³-hybridized carbons (Fsp3) is 0.500. The quantitative estimate of drug-likeness (QED) is 0.824. The Bertz CT molecular complexity index is 591. The first-order valence-electron chi connectivity index (χ1n) is 6.10. The second kappa shape index (κ2) is 5.21. The molecule has 1 aliphatic heterocycles. The molecule has 0 bridgehead atoms. The Morgan fingerprint density at radius 1 is 1.68 bits per heavy atom. The number of hydrogen-bond acceptors (Lipinski definition) is 5. The molecule has 0 amide bonds. The SMILES string of the molecule is CCO/N=C1\CCC(C)n2c1ncc(C(=O)O)c2=O. The predicted molar refractivity (Wildman–Crippen MR) is 67.6 cm³/mol. The Morgan fingerprint density at radius 2 is 2.42 bits per heavy atom. The third-order valence-corrected chi connectivity index (χ3v) is 3.03. The molecule has 0 radical (unpaired) electrons. The van der Waals surface area contributed by atoms with Crippen LogP contribution in [0.25, 0.3) is 0 Å². The summed E-state index contributed by atoms with van der Waals surface area (Å²) in [5, 5.41) is 12.9. The average molecular weight is 265 g/mol. The van der Waals surface area contributed by atoms with E-state index in [9.17, 15) is 9.59 Å². The summed E-state index contributed by atoms with van der Waals surface area (Å²) in [6, 6.07) is -0.102. The molecular formula is C12H15N3O4. The van der Waals surface area contributed by atoms with E-state index in [-0.39, 0.29) is 11.6 Å². The topological polar surface area (TPSA) is 93.8 Å². The molecule has 7 nitrogen and oxygen atoms in total. The fourth-order valence-electron chi connectivity index (χ4n) is 2.05. The van der Waals surface area contributed by atoms with E-state index in [1.165, 1.54) is 4.57 Å². The summed E-state index contributed by atoms with van der Waals surface area (Å²) in [5.74, 6) is -0.879. The van der Waals surface area contributed by atoms with E-state index in [4.69, 9.17) is 9.94 Å². The Balaban J connectivity index is 2.59. The number of carboxylic acids is 1. The molecule has 1 N–H and O–H groups in total. The smallest absolute Gasteiger partial charge is 0.342 e. The number of carbonyl (C=O) groups is 1. The lowest BCUT2D eigenvalue weighted by molar-refractivity contribution is 0.0693. The van der Waals surface area contributed by atoms with Crippen molar-refractivity contribution in [3.63, 3.8) is 0 Å². The maximum atomic E-state index is 12.1. The first-order valence-corrected chi connectivity index (χ1v) is 6.10. The van der Waals surface area contributed by atoms with Crippen molar-refractivity contribution in [2.45, 2.75) is 32.7 Å². The van der Waals surface area contributed by atoms with Crippen LogP contribution in [0.15, 0.2) is 16.1 Å². The van der Waals surface area contributed by atoms with Crippen LogP contribution in [0.2, 0.25) is 0 Å². The molecule has 102 valence electrons. The minimum atomic E-state index is -1.27. The second-order valence-corrected chi connectivity index (χ2v) is 4.32. The Morgan fingerprint density at radius 3 is 3.05 bits per heavy atom. The van der Waals surface area contributed by atoms with Crippen molar-refractivity contribution in [1.29, 1.82) is 0 Å². The van der Waals surface area contributed by atoms with Gasteiger partial charge in [0, 0.05) is 12.2 Å². The molecular weight excluding hydrogens is 250 g/mol. The van der Waals surface area contributed by atoms with Crippen molar-refractivity contribution in [2.24, 2.45) is 5.16 Å². The second-order valence-electron chi connectivity index (χ2n) is 4.32. The third kappa shape index (κ3) is 2.35. The number of hydrogen-bond donors (Lipinski definition) is 1. The monoisotopic (exact) mass is 265 g/mol. The first kappa shape index (κ1) is 13.3. The van der Waals surface area contributed by atoms with Gasteiger partial charge in [-0.2, -0.15) is 0 Å². The molecule has 19 heavy (non-hydrogen) atoms. The molecule has 0 saturated carbocycles. The molecule has 2 rings (SSSR count). The Labute approximate surface area is 109 Å². The summed E-state index contributed by atoms with van der Waals surface area (Å²) < 4.78 is 1.38. The summed E-state index contributed by atoms with van der Waals surface area (Å²) in [4.78, 5) is 32.1. The minimum absolute atomic E-state index is 0.102. The van der Waals surface area contributed by atoms with Crippen molar-refractivity contribution in [2.75, 3.05) is 6.61 Å². The van der Waals surface area contributed by atoms with E-state index < -0.39 is 11.5 Å². The molecule has 1 atom stereocenters. The van der Waals surface area contributed by atoms with Crippen LogP contribution < -0.4 is 5.56 Å². The van der Waals surface area contributed by atoms with Gasteiger partial charge in [-0.3, -0.25) is 9.36 Å². The standard InChI is InChI=1S/C12H15N3O4/c1-3-19-14-9-5-4-7(2)15-10(9)13-6-8(11(15)16)12(17)18/h6-7H,3-5H2,1-2H3,(H,17,18)/b14-9+. The van der Waals surface area contributed by atoms with Crippen molar-refractivity contribution in [3.8, 4) is 0 Å². The summed E-state index contributed by atoms with van der Waals surface area (Å²) in [6.07, 6.45) is 2.43. The van der Waals surface area contributed by atoms with E-state index in [0.29, 0.717) is 31.0 Å². The van der Waals surface area contributed by atoms with Gasteiger partial charge in [0.05, 0.1) is 0 Å². The highest BCUT2D eigenvalue weighted by molar-refractivity contribution is 5.98. The summed E-state index contributed by atoms with van der Waals surface area (Å²) >= 11 is 0. The highest BCUT2D eigenvalue weighted by atomic mass is 16.6. The van der Waals surface area contributed by atoms with Gasteiger partial charge in [-0.25, -0.2) is 9.78 Å². The molecule has 1 aliphatic rings. The molecule has 0 aromatic carbocycles. The fourth-order valence-corrected chi connectivity index (χ4v) is 2.05. The van der Waals surface area contributed by atoms with Crippen LogP contribution in [0, 0.1) is 0 Å².